The summed E-state index contributed by atoms with van der Waals surface area (Å²) in [4.78, 5) is 10.8. The van der Waals surface area contributed by atoms with Gasteiger partial charge in [0.2, 0.25) is 0 Å². The Morgan fingerprint density at radius 2 is 1.85 bits per heavy atom. The van der Waals surface area contributed by atoms with Gasteiger partial charge in [-0.1, -0.05) is 13.8 Å². The molecule has 4 fully saturated rings. The van der Waals surface area contributed by atoms with Gasteiger partial charge in [-0.3, -0.25) is 0 Å². The lowest BCUT2D eigenvalue weighted by Gasteiger charge is -2.64. The molecule has 0 radical (unpaired) electrons. The van der Waals surface area contributed by atoms with E-state index in [0.717, 1.165) is 57.7 Å². The third-order valence-corrected chi connectivity index (χ3v) is 9.74. The van der Waals surface area contributed by atoms with Gasteiger partial charge < -0.3 is 20.1 Å². The maximum atomic E-state index is 12.0. The minimum atomic E-state index is -1.03. The van der Waals surface area contributed by atoms with Gasteiger partial charge in [0, 0.05) is 11.8 Å². The molecule has 154 valence electrons. The Hall–Kier alpha value is -0.450. The van der Waals surface area contributed by atoms with Crippen molar-refractivity contribution < 1.29 is 20.1 Å². The maximum Gasteiger partial charge on any atom is 0.120 e. The van der Waals surface area contributed by atoms with Crippen LogP contribution in [-0.4, -0.2) is 38.9 Å². The lowest BCUT2D eigenvalue weighted by molar-refractivity contribution is -0.284. The van der Waals surface area contributed by atoms with Crippen LogP contribution in [0.1, 0.15) is 84.5 Å². The molecule has 9 unspecified atom stereocenters. The zero-order chi connectivity index (χ0) is 19.4. The first-order valence-electron chi connectivity index (χ1n) is 11.3. The molecule has 0 heterocycles. The zero-order valence-corrected chi connectivity index (χ0v) is 17.1. The second-order valence-electron chi connectivity index (χ2n) is 10.6. The lowest BCUT2D eigenvalue weighted by Crippen LogP contribution is -2.71. The first kappa shape index (κ1) is 19.8. The Labute approximate surface area is 163 Å². The molecule has 4 aliphatic rings. The van der Waals surface area contributed by atoms with Crippen LogP contribution in [-0.2, 0) is 4.79 Å². The van der Waals surface area contributed by atoms with Gasteiger partial charge in [0.05, 0.1) is 17.3 Å². The number of carbonyl (C=O) groups is 1. The molecule has 0 aromatic carbocycles. The van der Waals surface area contributed by atoms with E-state index in [9.17, 15) is 20.1 Å². The molecule has 0 amide bonds. The van der Waals surface area contributed by atoms with Gasteiger partial charge in [0.25, 0.3) is 0 Å². The predicted molar refractivity (Wildman–Crippen MR) is 104 cm³/mol. The van der Waals surface area contributed by atoms with Crippen LogP contribution in [0.15, 0.2) is 0 Å². The van der Waals surface area contributed by atoms with Crippen molar-refractivity contribution in [2.75, 3.05) is 0 Å². The van der Waals surface area contributed by atoms with Gasteiger partial charge in [-0.15, -0.1) is 0 Å². The summed E-state index contributed by atoms with van der Waals surface area (Å²) < 4.78 is 0. The van der Waals surface area contributed by atoms with E-state index in [1.807, 2.05) is 0 Å². The monoisotopic (exact) mass is 378 g/mol. The Balaban J connectivity index is 1.63. The van der Waals surface area contributed by atoms with E-state index in [4.69, 9.17) is 0 Å². The number of aliphatic hydroxyl groups excluding tert-OH is 1. The van der Waals surface area contributed by atoms with E-state index in [1.54, 1.807) is 0 Å². The third kappa shape index (κ3) is 2.69. The van der Waals surface area contributed by atoms with Crippen LogP contribution in [0.3, 0.4) is 0 Å². The van der Waals surface area contributed by atoms with Crippen LogP contribution < -0.4 is 0 Å². The summed E-state index contributed by atoms with van der Waals surface area (Å²) in [5.41, 5.74) is -2.32. The van der Waals surface area contributed by atoms with Crippen LogP contribution in [0.4, 0.5) is 0 Å². The zero-order valence-electron chi connectivity index (χ0n) is 17.1. The Morgan fingerprint density at radius 1 is 1.07 bits per heavy atom. The minimum Gasteiger partial charge on any atom is -0.393 e. The average Bonchev–Trinajstić information content (AvgIpc) is 2.92. The van der Waals surface area contributed by atoms with Crippen molar-refractivity contribution in [3.63, 3.8) is 0 Å². The smallest absolute Gasteiger partial charge is 0.120 e. The Bertz CT molecular complexity index is 579. The topological polar surface area (TPSA) is 77.8 Å². The summed E-state index contributed by atoms with van der Waals surface area (Å²) in [5, 5.41) is 34.3. The molecule has 0 aromatic heterocycles. The van der Waals surface area contributed by atoms with Crippen molar-refractivity contribution in [3.05, 3.63) is 0 Å². The number of hydrogen-bond donors (Lipinski definition) is 3. The molecule has 0 bridgehead atoms. The van der Waals surface area contributed by atoms with E-state index in [1.165, 1.54) is 0 Å². The molecule has 4 saturated carbocycles. The molecule has 4 heteroatoms. The highest BCUT2D eigenvalue weighted by Gasteiger charge is 2.72. The van der Waals surface area contributed by atoms with Gasteiger partial charge in [0.1, 0.15) is 6.29 Å². The number of carbonyl (C=O) groups excluding carboxylic acids is 1. The van der Waals surface area contributed by atoms with Crippen LogP contribution >= 0.6 is 0 Å². The van der Waals surface area contributed by atoms with Crippen LogP contribution in [0, 0.1) is 35.0 Å². The number of rotatable bonds is 4. The van der Waals surface area contributed by atoms with Crippen molar-refractivity contribution in [1.82, 2.24) is 0 Å². The van der Waals surface area contributed by atoms with Crippen molar-refractivity contribution in [2.45, 2.75) is 102 Å². The first-order valence-corrected chi connectivity index (χ1v) is 11.3. The van der Waals surface area contributed by atoms with Crippen molar-refractivity contribution in [3.8, 4) is 0 Å². The standard InChI is InChI=1S/C23H38O4/c1-15(4-3-13-24)19-9-12-23(27)21(19,2)10-8-20-18-14-17(25)6-5-16(18)7-11-22(20,23)26/h13,15-20,25-27H,3-12,14H2,1-2H3. The highest BCUT2D eigenvalue weighted by Crippen LogP contribution is 2.68. The van der Waals surface area contributed by atoms with E-state index >= 15 is 0 Å². The molecular formula is C23H38O4. The molecule has 9 atom stereocenters. The second kappa shape index (κ2) is 6.81. The van der Waals surface area contributed by atoms with Gasteiger partial charge in [-0.25, -0.2) is 0 Å². The number of aldehydes is 1. The van der Waals surface area contributed by atoms with E-state index in [-0.39, 0.29) is 17.4 Å². The van der Waals surface area contributed by atoms with Crippen molar-refractivity contribution in [2.24, 2.45) is 35.0 Å². The van der Waals surface area contributed by atoms with Gasteiger partial charge in [-0.05, 0) is 93.8 Å². The SMILES string of the molecule is CC(CCC=O)C1CCC2(O)C1(C)CCC1C3CC(O)CCC3CCC12O. The Morgan fingerprint density at radius 3 is 2.59 bits per heavy atom. The van der Waals surface area contributed by atoms with Crippen LogP contribution in [0.5, 0.6) is 0 Å². The minimum absolute atomic E-state index is 0.119. The summed E-state index contributed by atoms with van der Waals surface area (Å²) in [6.45, 7) is 4.42. The van der Waals surface area contributed by atoms with Crippen LogP contribution in [0.2, 0.25) is 0 Å². The molecule has 0 aromatic rings. The van der Waals surface area contributed by atoms with Crippen molar-refractivity contribution in [1.29, 1.82) is 0 Å². The summed E-state index contributed by atoms with van der Waals surface area (Å²) in [7, 11) is 0. The number of aliphatic hydroxyl groups is 3. The quantitative estimate of drug-likeness (QED) is 0.655. The molecular weight excluding hydrogens is 340 g/mol. The summed E-state index contributed by atoms with van der Waals surface area (Å²) in [6.07, 6.45) is 10.2. The molecule has 3 N–H and O–H groups in total. The highest BCUT2D eigenvalue weighted by molar-refractivity contribution is 5.49. The fourth-order valence-corrected chi connectivity index (χ4v) is 8.29. The fraction of sp³-hybridized carbons (Fsp3) is 0.957. The summed E-state index contributed by atoms with van der Waals surface area (Å²) in [6, 6.07) is 0. The molecule has 0 aliphatic heterocycles. The largest absolute Gasteiger partial charge is 0.393 e. The third-order valence-electron chi connectivity index (χ3n) is 9.74. The molecule has 4 nitrogen and oxygen atoms in total. The van der Waals surface area contributed by atoms with Gasteiger partial charge in [-0.2, -0.15) is 0 Å². The summed E-state index contributed by atoms with van der Waals surface area (Å²) >= 11 is 0. The fourth-order valence-electron chi connectivity index (χ4n) is 8.29. The lowest BCUT2D eigenvalue weighted by atomic mass is 9.45. The van der Waals surface area contributed by atoms with Crippen LogP contribution in [0.25, 0.3) is 0 Å². The maximum absolute atomic E-state index is 12.0. The van der Waals surface area contributed by atoms with E-state index < -0.39 is 11.2 Å². The molecule has 4 rings (SSSR count). The molecule has 4 aliphatic carbocycles. The van der Waals surface area contributed by atoms with Gasteiger partial charge >= 0.3 is 0 Å². The first-order chi connectivity index (χ1) is 12.8. The molecule has 0 saturated heterocycles. The number of hydrogen-bond acceptors (Lipinski definition) is 4. The highest BCUT2D eigenvalue weighted by atomic mass is 16.4. The van der Waals surface area contributed by atoms with E-state index in [0.29, 0.717) is 42.9 Å². The molecule has 0 spiro atoms. The molecule has 27 heavy (non-hydrogen) atoms. The van der Waals surface area contributed by atoms with E-state index in [2.05, 4.69) is 13.8 Å². The predicted octanol–water partition coefficient (Wildman–Crippen LogP) is 3.46. The normalized spacial score (nSPS) is 53.1. The van der Waals surface area contributed by atoms with Crippen molar-refractivity contribution >= 4 is 6.29 Å². The van der Waals surface area contributed by atoms with Gasteiger partial charge in [0.15, 0.2) is 0 Å². The number of fused-ring (bicyclic) bond motifs is 5. The average molecular weight is 379 g/mol. The summed E-state index contributed by atoms with van der Waals surface area (Å²) in [5.74, 6) is 1.83. The second-order valence-corrected chi connectivity index (χ2v) is 10.6. The Kier molecular flexibility index (Phi) is 5.01.